The largest absolute Gasteiger partial charge is 0.485 e. The zero-order valence-corrected chi connectivity index (χ0v) is 21.7. The van der Waals surface area contributed by atoms with E-state index in [9.17, 15) is 18.3 Å². The number of ether oxygens (including phenoxy) is 1. The Balaban J connectivity index is 1.68. The van der Waals surface area contributed by atoms with Gasteiger partial charge in [0.2, 0.25) is 10.0 Å². The molecule has 0 spiro atoms. The van der Waals surface area contributed by atoms with Crippen LogP contribution in [0.4, 0.5) is 5.82 Å². The molecule has 1 amide bonds. The number of anilines is 1. The van der Waals surface area contributed by atoms with Gasteiger partial charge >= 0.3 is 0 Å². The van der Waals surface area contributed by atoms with E-state index in [2.05, 4.69) is 20.0 Å². The van der Waals surface area contributed by atoms with Gasteiger partial charge in [-0.3, -0.25) is 4.79 Å². The SMILES string of the molecule is CCc1ccc(S(=O)(=O)N[C@@H]2c3cc(C(=O)Nc4cc(C)nc(C)n4)ccc3OC(C)(C)[C@H]2O)cc1. The van der Waals surface area contributed by atoms with Gasteiger partial charge in [0, 0.05) is 22.9 Å². The molecule has 1 aliphatic rings. The van der Waals surface area contributed by atoms with Crippen molar-refractivity contribution in [2.75, 3.05) is 5.32 Å². The van der Waals surface area contributed by atoms with Crippen molar-refractivity contribution < 1.29 is 23.1 Å². The van der Waals surface area contributed by atoms with E-state index in [1.807, 2.05) is 6.92 Å². The second-order valence-electron chi connectivity index (χ2n) is 9.40. The Morgan fingerprint density at radius 1 is 1.08 bits per heavy atom. The molecule has 0 radical (unpaired) electrons. The number of nitrogens with zero attached hydrogens (tertiary/aromatic N) is 2. The lowest BCUT2D eigenvalue weighted by atomic mass is 9.86. The molecule has 36 heavy (non-hydrogen) atoms. The van der Waals surface area contributed by atoms with Crippen LogP contribution in [0.5, 0.6) is 5.75 Å². The molecule has 4 rings (SSSR count). The standard InChI is InChI=1S/C26H30N4O5S/c1-6-17-7-10-19(11-8-17)36(33,34)30-23-20-14-18(9-12-21(20)35-26(4,5)24(23)31)25(32)29-22-13-15(2)27-16(3)28-22/h7-14,23-24,30-31H,6H2,1-5H3,(H,27,28,29,32)/t23-,24+/m1/s1. The van der Waals surface area contributed by atoms with Gasteiger partial charge < -0.3 is 15.2 Å². The van der Waals surface area contributed by atoms with Gasteiger partial charge in [0.1, 0.15) is 29.1 Å². The maximum atomic E-state index is 13.2. The third-order valence-electron chi connectivity index (χ3n) is 6.14. The minimum Gasteiger partial charge on any atom is -0.485 e. The second kappa shape index (κ2) is 9.61. The predicted molar refractivity (Wildman–Crippen MR) is 135 cm³/mol. The maximum Gasteiger partial charge on any atom is 0.256 e. The van der Waals surface area contributed by atoms with Crippen LogP contribution < -0.4 is 14.8 Å². The van der Waals surface area contributed by atoms with Crippen molar-refractivity contribution in [3.8, 4) is 5.75 Å². The monoisotopic (exact) mass is 510 g/mol. The number of fused-ring (bicyclic) bond motifs is 1. The molecule has 3 N–H and O–H groups in total. The Bertz CT molecular complexity index is 1380. The first-order valence-electron chi connectivity index (χ1n) is 11.7. The first kappa shape index (κ1) is 25.7. The first-order chi connectivity index (χ1) is 16.9. The Morgan fingerprint density at radius 2 is 1.78 bits per heavy atom. The average molecular weight is 511 g/mol. The van der Waals surface area contributed by atoms with Gasteiger partial charge in [-0.15, -0.1) is 0 Å². The van der Waals surface area contributed by atoms with Gasteiger partial charge in [-0.1, -0.05) is 19.1 Å². The molecule has 0 saturated heterocycles. The van der Waals surface area contributed by atoms with Crippen molar-refractivity contribution in [3.05, 3.63) is 76.7 Å². The number of aliphatic hydroxyl groups is 1. The third-order valence-corrected chi connectivity index (χ3v) is 7.60. The molecule has 2 atom stereocenters. The van der Waals surface area contributed by atoms with Gasteiger partial charge in [-0.05, 0) is 70.0 Å². The summed E-state index contributed by atoms with van der Waals surface area (Å²) >= 11 is 0. The van der Waals surface area contributed by atoms with Crippen LogP contribution >= 0.6 is 0 Å². The van der Waals surface area contributed by atoms with Crippen LogP contribution in [0.25, 0.3) is 0 Å². The molecule has 190 valence electrons. The molecule has 0 aliphatic carbocycles. The summed E-state index contributed by atoms with van der Waals surface area (Å²) in [6, 6.07) is 11.9. The number of nitrogens with one attached hydrogen (secondary N) is 2. The molecule has 9 nitrogen and oxygen atoms in total. The Kier molecular flexibility index (Phi) is 6.87. The van der Waals surface area contributed by atoms with E-state index in [-0.39, 0.29) is 10.5 Å². The van der Waals surface area contributed by atoms with Crippen molar-refractivity contribution in [1.29, 1.82) is 0 Å². The number of carbonyl (C=O) groups excluding carboxylic acids is 1. The van der Waals surface area contributed by atoms with E-state index in [4.69, 9.17) is 4.74 Å². The van der Waals surface area contributed by atoms with E-state index in [1.165, 1.54) is 18.2 Å². The van der Waals surface area contributed by atoms with Gasteiger partial charge in [0.05, 0.1) is 10.9 Å². The van der Waals surface area contributed by atoms with Crippen LogP contribution in [-0.4, -0.2) is 41.1 Å². The molecular weight excluding hydrogens is 480 g/mol. The molecular formula is C26H30N4O5S. The summed E-state index contributed by atoms with van der Waals surface area (Å²) in [7, 11) is -3.98. The van der Waals surface area contributed by atoms with Crippen molar-refractivity contribution in [2.24, 2.45) is 0 Å². The average Bonchev–Trinajstić information content (AvgIpc) is 2.81. The molecule has 1 aromatic heterocycles. The van der Waals surface area contributed by atoms with Crippen molar-refractivity contribution >= 4 is 21.7 Å². The topological polar surface area (TPSA) is 131 Å². The number of carbonyl (C=O) groups is 1. The summed E-state index contributed by atoms with van der Waals surface area (Å²) in [4.78, 5) is 21.5. The summed E-state index contributed by atoms with van der Waals surface area (Å²) in [5, 5.41) is 13.8. The number of amides is 1. The number of sulfonamides is 1. The summed E-state index contributed by atoms with van der Waals surface area (Å²) in [5.74, 6) is 0.819. The molecule has 2 heterocycles. The van der Waals surface area contributed by atoms with Gasteiger partial charge in [-0.2, -0.15) is 0 Å². The lowest BCUT2D eigenvalue weighted by molar-refractivity contribution is -0.0603. The van der Waals surface area contributed by atoms with Crippen LogP contribution in [0.2, 0.25) is 0 Å². The normalized spacial score (nSPS) is 18.7. The lowest BCUT2D eigenvalue weighted by Gasteiger charge is -2.42. The first-order valence-corrected chi connectivity index (χ1v) is 13.1. The second-order valence-corrected chi connectivity index (χ2v) is 11.1. The molecule has 10 heteroatoms. The van der Waals surface area contributed by atoms with E-state index in [0.29, 0.717) is 28.6 Å². The number of hydrogen-bond donors (Lipinski definition) is 3. The third kappa shape index (κ3) is 5.25. The van der Waals surface area contributed by atoms with Crippen molar-refractivity contribution in [1.82, 2.24) is 14.7 Å². The molecule has 2 aromatic carbocycles. The maximum absolute atomic E-state index is 13.2. The fourth-order valence-electron chi connectivity index (χ4n) is 4.18. The van der Waals surface area contributed by atoms with E-state index in [1.54, 1.807) is 58.0 Å². The summed E-state index contributed by atoms with van der Waals surface area (Å²) < 4.78 is 35.1. The Hall–Kier alpha value is -3.34. The highest BCUT2D eigenvalue weighted by Gasteiger charge is 2.44. The summed E-state index contributed by atoms with van der Waals surface area (Å²) in [5.41, 5.74) is 1.26. The number of aliphatic hydroxyl groups excluding tert-OH is 1. The highest BCUT2D eigenvalue weighted by atomic mass is 32.2. The fraction of sp³-hybridized carbons (Fsp3) is 0.346. The number of aromatic nitrogens is 2. The smallest absolute Gasteiger partial charge is 0.256 e. The lowest BCUT2D eigenvalue weighted by Crippen LogP contribution is -2.53. The Labute approximate surface area is 211 Å². The molecule has 0 fully saturated rings. The molecule has 0 unspecified atom stereocenters. The molecule has 1 aliphatic heterocycles. The van der Waals surface area contributed by atoms with Crippen LogP contribution in [0.1, 0.15) is 59.8 Å². The van der Waals surface area contributed by atoms with Gasteiger partial charge in [0.25, 0.3) is 5.91 Å². The van der Waals surface area contributed by atoms with Crippen LogP contribution in [-0.2, 0) is 16.4 Å². The number of rotatable bonds is 6. The fourth-order valence-corrected chi connectivity index (χ4v) is 5.40. The molecule has 3 aromatic rings. The highest BCUT2D eigenvalue weighted by Crippen LogP contribution is 2.41. The summed E-state index contributed by atoms with van der Waals surface area (Å²) in [6.45, 7) is 8.88. The van der Waals surface area contributed by atoms with Gasteiger partial charge in [-0.25, -0.2) is 23.1 Å². The summed E-state index contributed by atoms with van der Waals surface area (Å²) in [6.07, 6.45) is -0.437. The van der Waals surface area contributed by atoms with Crippen molar-refractivity contribution in [3.63, 3.8) is 0 Å². The minimum atomic E-state index is -3.98. The van der Waals surface area contributed by atoms with E-state index in [0.717, 1.165) is 12.0 Å². The minimum absolute atomic E-state index is 0.0844. The van der Waals surface area contributed by atoms with Crippen molar-refractivity contribution in [2.45, 2.75) is 63.7 Å². The van der Waals surface area contributed by atoms with Crippen LogP contribution in [0.15, 0.2) is 53.4 Å². The van der Waals surface area contributed by atoms with Crippen LogP contribution in [0, 0.1) is 13.8 Å². The molecule has 0 saturated carbocycles. The number of hydrogen-bond acceptors (Lipinski definition) is 7. The number of aryl methyl sites for hydroxylation is 3. The number of benzene rings is 2. The molecule has 0 bridgehead atoms. The van der Waals surface area contributed by atoms with E-state index >= 15 is 0 Å². The zero-order valence-electron chi connectivity index (χ0n) is 20.9. The predicted octanol–water partition coefficient (Wildman–Crippen LogP) is 3.46. The Morgan fingerprint density at radius 3 is 2.42 bits per heavy atom. The van der Waals surface area contributed by atoms with E-state index < -0.39 is 33.7 Å². The quantitative estimate of drug-likeness (QED) is 0.463. The zero-order chi connectivity index (χ0) is 26.3. The highest BCUT2D eigenvalue weighted by molar-refractivity contribution is 7.89. The van der Waals surface area contributed by atoms with Crippen LogP contribution in [0.3, 0.4) is 0 Å². The van der Waals surface area contributed by atoms with Gasteiger partial charge in [0.15, 0.2) is 0 Å².